The fourth-order valence-electron chi connectivity index (χ4n) is 3.09. The van der Waals surface area contributed by atoms with Gasteiger partial charge in [0.05, 0.1) is 22.2 Å². The summed E-state index contributed by atoms with van der Waals surface area (Å²) in [6, 6.07) is 8.05. The van der Waals surface area contributed by atoms with Gasteiger partial charge in [-0.05, 0) is 25.0 Å². The van der Waals surface area contributed by atoms with Crippen molar-refractivity contribution in [1.82, 2.24) is 10.3 Å². The van der Waals surface area contributed by atoms with Crippen molar-refractivity contribution in [1.29, 1.82) is 0 Å². The number of aromatic nitrogens is 1. The molecule has 1 saturated carbocycles. The average Bonchev–Trinajstić information content (AvgIpc) is 2.96. The van der Waals surface area contributed by atoms with E-state index in [0.717, 1.165) is 40.9 Å². The van der Waals surface area contributed by atoms with Gasteiger partial charge in [0.1, 0.15) is 5.01 Å². The number of fused-ring (bicyclic) bond motifs is 1. The molecule has 21 heavy (non-hydrogen) atoms. The zero-order chi connectivity index (χ0) is 14.7. The molecule has 1 heterocycles. The maximum Gasteiger partial charge on any atom is 0.227 e. The SMILES string of the molecule is NCC1(C(=O)NCc2nc3ccccc3s2)CCCCC1. The van der Waals surface area contributed by atoms with Crippen LogP contribution in [0.3, 0.4) is 0 Å². The highest BCUT2D eigenvalue weighted by Crippen LogP contribution is 2.35. The minimum atomic E-state index is -0.352. The average molecular weight is 303 g/mol. The Morgan fingerprint density at radius 1 is 1.29 bits per heavy atom. The maximum atomic E-state index is 12.5. The molecule has 0 spiro atoms. The number of para-hydroxylation sites is 1. The number of carbonyl (C=O) groups excluding carboxylic acids is 1. The van der Waals surface area contributed by atoms with Crippen LogP contribution in [0.1, 0.15) is 37.1 Å². The monoisotopic (exact) mass is 303 g/mol. The highest BCUT2D eigenvalue weighted by atomic mass is 32.1. The van der Waals surface area contributed by atoms with Crippen LogP contribution in [0.15, 0.2) is 24.3 Å². The first-order chi connectivity index (χ1) is 10.2. The molecule has 1 fully saturated rings. The Kier molecular flexibility index (Phi) is 4.22. The highest BCUT2D eigenvalue weighted by Gasteiger charge is 2.37. The first-order valence-corrected chi connectivity index (χ1v) is 8.38. The predicted octanol–water partition coefficient (Wildman–Crippen LogP) is 2.82. The molecule has 0 aliphatic heterocycles. The van der Waals surface area contributed by atoms with E-state index in [2.05, 4.69) is 16.4 Å². The van der Waals surface area contributed by atoms with Gasteiger partial charge in [-0.3, -0.25) is 4.79 Å². The summed E-state index contributed by atoms with van der Waals surface area (Å²) in [4.78, 5) is 17.1. The van der Waals surface area contributed by atoms with Crippen molar-refractivity contribution >= 4 is 27.5 Å². The van der Waals surface area contributed by atoms with Gasteiger partial charge in [-0.15, -0.1) is 11.3 Å². The Morgan fingerprint density at radius 2 is 2.05 bits per heavy atom. The number of nitrogens with zero attached hydrogens (tertiary/aromatic N) is 1. The molecule has 1 aliphatic rings. The normalized spacial score (nSPS) is 17.8. The van der Waals surface area contributed by atoms with Gasteiger partial charge >= 0.3 is 0 Å². The molecule has 1 amide bonds. The molecule has 0 atom stereocenters. The van der Waals surface area contributed by atoms with Crippen LogP contribution in [0.2, 0.25) is 0 Å². The van der Waals surface area contributed by atoms with Crippen molar-refractivity contribution in [3.8, 4) is 0 Å². The maximum absolute atomic E-state index is 12.5. The third kappa shape index (κ3) is 2.94. The standard InChI is InChI=1S/C16H21N3OS/c17-11-16(8-4-1-5-9-16)15(20)18-10-14-19-12-6-2-3-7-13(12)21-14/h2-3,6-7H,1,4-5,8-11,17H2,(H,18,20). The fraction of sp³-hybridized carbons (Fsp3) is 0.500. The van der Waals surface area contributed by atoms with E-state index in [-0.39, 0.29) is 11.3 Å². The first kappa shape index (κ1) is 14.5. The van der Waals surface area contributed by atoms with Crippen LogP contribution < -0.4 is 11.1 Å². The van der Waals surface area contributed by atoms with Crippen LogP contribution >= 0.6 is 11.3 Å². The third-order valence-electron chi connectivity index (χ3n) is 4.42. The Hall–Kier alpha value is -1.46. The zero-order valence-electron chi connectivity index (χ0n) is 12.1. The van der Waals surface area contributed by atoms with Gasteiger partial charge in [0.2, 0.25) is 5.91 Å². The minimum absolute atomic E-state index is 0.101. The molecule has 3 N–H and O–H groups in total. The lowest BCUT2D eigenvalue weighted by molar-refractivity contribution is -0.132. The number of nitrogens with one attached hydrogen (secondary N) is 1. The van der Waals surface area contributed by atoms with E-state index in [4.69, 9.17) is 5.73 Å². The lowest BCUT2D eigenvalue weighted by Crippen LogP contribution is -2.46. The molecule has 2 aromatic rings. The van der Waals surface area contributed by atoms with Crippen molar-refractivity contribution in [2.75, 3.05) is 6.54 Å². The summed E-state index contributed by atoms with van der Waals surface area (Å²) in [6.45, 7) is 0.943. The molecule has 1 aromatic carbocycles. The molecule has 5 heteroatoms. The van der Waals surface area contributed by atoms with E-state index in [0.29, 0.717) is 13.1 Å². The Labute approximate surface area is 128 Å². The van der Waals surface area contributed by atoms with E-state index in [1.54, 1.807) is 11.3 Å². The van der Waals surface area contributed by atoms with Gasteiger partial charge < -0.3 is 11.1 Å². The Bertz CT molecular complexity index is 598. The summed E-state index contributed by atoms with van der Waals surface area (Å²) in [7, 11) is 0. The first-order valence-electron chi connectivity index (χ1n) is 7.56. The van der Waals surface area contributed by atoms with Gasteiger partial charge in [-0.1, -0.05) is 31.4 Å². The number of carbonyl (C=O) groups is 1. The summed E-state index contributed by atoms with van der Waals surface area (Å²) in [6.07, 6.45) is 5.24. The highest BCUT2D eigenvalue weighted by molar-refractivity contribution is 7.18. The third-order valence-corrected chi connectivity index (χ3v) is 5.46. The van der Waals surface area contributed by atoms with Crippen LogP contribution in [0, 0.1) is 5.41 Å². The molecule has 112 valence electrons. The summed E-state index contributed by atoms with van der Waals surface area (Å²) < 4.78 is 1.16. The molecule has 4 nitrogen and oxygen atoms in total. The van der Waals surface area contributed by atoms with Gasteiger partial charge in [0, 0.05) is 6.54 Å². The van der Waals surface area contributed by atoms with Gasteiger partial charge in [-0.2, -0.15) is 0 Å². The number of benzene rings is 1. The second-order valence-electron chi connectivity index (χ2n) is 5.80. The van der Waals surface area contributed by atoms with E-state index >= 15 is 0 Å². The summed E-state index contributed by atoms with van der Waals surface area (Å²) in [5, 5.41) is 4.00. The van der Waals surface area contributed by atoms with Crippen LogP contribution in [-0.4, -0.2) is 17.4 Å². The van der Waals surface area contributed by atoms with Gasteiger partial charge in [0.25, 0.3) is 0 Å². The van der Waals surface area contributed by atoms with E-state index in [1.807, 2.05) is 18.2 Å². The van der Waals surface area contributed by atoms with Crippen LogP contribution in [0.5, 0.6) is 0 Å². The lowest BCUT2D eigenvalue weighted by atomic mass is 9.73. The van der Waals surface area contributed by atoms with Gasteiger partial charge in [0.15, 0.2) is 0 Å². The van der Waals surface area contributed by atoms with Crippen molar-refractivity contribution < 1.29 is 4.79 Å². The summed E-state index contributed by atoms with van der Waals surface area (Å²) in [5.41, 5.74) is 6.54. The number of hydrogen-bond acceptors (Lipinski definition) is 4. The Morgan fingerprint density at radius 3 is 2.76 bits per heavy atom. The molecule has 1 aromatic heterocycles. The number of nitrogens with two attached hydrogens (primary N) is 1. The van der Waals surface area contributed by atoms with Crippen molar-refractivity contribution in [2.24, 2.45) is 11.1 Å². The number of amides is 1. The molecule has 1 aliphatic carbocycles. The Balaban J connectivity index is 1.67. The van der Waals surface area contributed by atoms with E-state index in [1.165, 1.54) is 6.42 Å². The molecular formula is C16H21N3OS. The molecule has 0 radical (unpaired) electrons. The minimum Gasteiger partial charge on any atom is -0.349 e. The van der Waals surface area contributed by atoms with Crippen LogP contribution in [-0.2, 0) is 11.3 Å². The van der Waals surface area contributed by atoms with Crippen molar-refractivity contribution in [3.05, 3.63) is 29.3 Å². The molecule has 0 bridgehead atoms. The number of rotatable bonds is 4. The van der Waals surface area contributed by atoms with E-state index in [9.17, 15) is 4.79 Å². The van der Waals surface area contributed by atoms with E-state index < -0.39 is 0 Å². The van der Waals surface area contributed by atoms with Crippen LogP contribution in [0.25, 0.3) is 10.2 Å². The number of hydrogen-bond donors (Lipinski definition) is 2. The topological polar surface area (TPSA) is 68.0 Å². The summed E-state index contributed by atoms with van der Waals surface area (Å²) >= 11 is 1.64. The van der Waals surface area contributed by atoms with Crippen molar-refractivity contribution in [3.63, 3.8) is 0 Å². The van der Waals surface area contributed by atoms with Gasteiger partial charge in [-0.25, -0.2) is 4.98 Å². The lowest BCUT2D eigenvalue weighted by Gasteiger charge is -2.34. The fourth-order valence-corrected chi connectivity index (χ4v) is 4.00. The second-order valence-corrected chi connectivity index (χ2v) is 6.92. The molecule has 0 unspecified atom stereocenters. The summed E-state index contributed by atoms with van der Waals surface area (Å²) in [5.74, 6) is 0.101. The zero-order valence-corrected chi connectivity index (χ0v) is 12.9. The molecular weight excluding hydrogens is 282 g/mol. The largest absolute Gasteiger partial charge is 0.349 e. The second kappa shape index (κ2) is 6.12. The predicted molar refractivity (Wildman–Crippen MR) is 86.0 cm³/mol. The smallest absolute Gasteiger partial charge is 0.227 e. The van der Waals surface area contributed by atoms with Crippen molar-refractivity contribution in [2.45, 2.75) is 38.6 Å². The number of thiazole rings is 1. The molecule has 0 saturated heterocycles. The van der Waals surface area contributed by atoms with Crippen LogP contribution in [0.4, 0.5) is 0 Å². The molecule has 3 rings (SSSR count). The quantitative estimate of drug-likeness (QED) is 0.912.